The Balaban J connectivity index is 2.74. The summed E-state index contributed by atoms with van der Waals surface area (Å²) in [7, 11) is 0. The fraction of sp³-hybridized carbons (Fsp3) is 0.333. The molecule has 0 amide bonds. The second kappa shape index (κ2) is 5.75. The van der Waals surface area contributed by atoms with E-state index in [1.165, 1.54) is 12.1 Å². The van der Waals surface area contributed by atoms with Crippen molar-refractivity contribution in [3.63, 3.8) is 0 Å². The molecule has 2 N–H and O–H groups in total. The van der Waals surface area contributed by atoms with Gasteiger partial charge in [-0.05, 0) is 31.5 Å². The predicted octanol–water partition coefficient (Wildman–Crippen LogP) is 3.28. The summed E-state index contributed by atoms with van der Waals surface area (Å²) in [6, 6.07) is 4.08. The minimum Gasteiger partial charge on any atom is -0.324 e. The minimum atomic E-state index is -0.343. The predicted molar refractivity (Wildman–Crippen MR) is 61.0 cm³/mol. The van der Waals surface area contributed by atoms with Gasteiger partial charge in [0.05, 0.1) is 0 Å². The lowest BCUT2D eigenvalue weighted by Crippen LogP contribution is -2.11. The molecular formula is C12H13ClFN. The maximum absolute atomic E-state index is 13.4. The van der Waals surface area contributed by atoms with E-state index in [1.807, 2.05) is 0 Å². The number of hydrogen-bond donors (Lipinski definition) is 1. The van der Waals surface area contributed by atoms with Crippen molar-refractivity contribution in [2.24, 2.45) is 5.73 Å². The Hall–Kier alpha value is -1.04. The van der Waals surface area contributed by atoms with Gasteiger partial charge in [-0.2, -0.15) is 0 Å². The van der Waals surface area contributed by atoms with Crippen molar-refractivity contribution in [1.29, 1.82) is 0 Å². The van der Waals surface area contributed by atoms with Crippen molar-refractivity contribution in [3.05, 3.63) is 34.6 Å². The number of benzene rings is 1. The Bertz CT molecular complexity index is 392. The molecule has 0 aliphatic rings. The summed E-state index contributed by atoms with van der Waals surface area (Å²) in [5.74, 6) is 5.36. The van der Waals surface area contributed by atoms with Gasteiger partial charge in [-0.1, -0.05) is 11.6 Å². The lowest BCUT2D eigenvalue weighted by Gasteiger charge is -2.11. The van der Waals surface area contributed by atoms with Gasteiger partial charge < -0.3 is 5.73 Å². The highest BCUT2D eigenvalue weighted by Gasteiger charge is 2.10. The largest absolute Gasteiger partial charge is 0.324 e. The molecule has 1 aromatic rings. The second-order valence-corrected chi connectivity index (χ2v) is 3.67. The molecule has 1 nitrogen and oxygen atoms in total. The third-order valence-corrected chi connectivity index (χ3v) is 2.35. The molecule has 3 heteroatoms. The van der Waals surface area contributed by atoms with E-state index in [-0.39, 0.29) is 11.9 Å². The highest BCUT2D eigenvalue weighted by Crippen LogP contribution is 2.22. The minimum absolute atomic E-state index is 0.309. The molecular weight excluding hydrogens is 213 g/mol. The van der Waals surface area contributed by atoms with Gasteiger partial charge in [0.25, 0.3) is 0 Å². The molecule has 0 radical (unpaired) electrons. The zero-order valence-electron chi connectivity index (χ0n) is 8.56. The van der Waals surface area contributed by atoms with Crippen molar-refractivity contribution in [1.82, 2.24) is 0 Å². The highest BCUT2D eigenvalue weighted by molar-refractivity contribution is 6.30. The van der Waals surface area contributed by atoms with Gasteiger partial charge in [-0.3, -0.25) is 0 Å². The van der Waals surface area contributed by atoms with Gasteiger partial charge in [0.1, 0.15) is 5.82 Å². The van der Waals surface area contributed by atoms with Crippen LogP contribution >= 0.6 is 11.6 Å². The Morgan fingerprint density at radius 1 is 1.53 bits per heavy atom. The third kappa shape index (κ3) is 3.54. The average molecular weight is 226 g/mol. The molecule has 0 heterocycles. The normalized spacial score (nSPS) is 11.7. The quantitative estimate of drug-likeness (QED) is 0.785. The van der Waals surface area contributed by atoms with Crippen molar-refractivity contribution in [2.75, 3.05) is 0 Å². The first-order valence-electron chi connectivity index (χ1n) is 4.75. The Labute approximate surface area is 94.4 Å². The van der Waals surface area contributed by atoms with Crippen LogP contribution in [0.2, 0.25) is 5.02 Å². The van der Waals surface area contributed by atoms with Crippen LogP contribution in [0.1, 0.15) is 31.4 Å². The van der Waals surface area contributed by atoms with Gasteiger partial charge in [0.2, 0.25) is 0 Å². The zero-order chi connectivity index (χ0) is 11.3. The van der Waals surface area contributed by atoms with E-state index < -0.39 is 0 Å². The summed E-state index contributed by atoms with van der Waals surface area (Å²) in [6.45, 7) is 1.77. The summed E-state index contributed by atoms with van der Waals surface area (Å²) in [4.78, 5) is 0. The molecule has 1 unspecified atom stereocenters. The fourth-order valence-electron chi connectivity index (χ4n) is 1.31. The molecule has 80 valence electrons. The Kier molecular flexibility index (Phi) is 4.61. The molecule has 0 spiro atoms. The number of halogens is 2. The highest BCUT2D eigenvalue weighted by atomic mass is 35.5. The van der Waals surface area contributed by atoms with Crippen LogP contribution in [0.3, 0.4) is 0 Å². The fourth-order valence-corrected chi connectivity index (χ4v) is 1.49. The van der Waals surface area contributed by atoms with Crippen molar-refractivity contribution >= 4 is 11.6 Å². The van der Waals surface area contributed by atoms with Crippen LogP contribution in [0.4, 0.5) is 4.39 Å². The average Bonchev–Trinajstić information content (AvgIpc) is 2.22. The maximum atomic E-state index is 13.4. The summed E-state index contributed by atoms with van der Waals surface area (Å²) >= 11 is 5.77. The molecule has 0 saturated heterocycles. The Morgan fingerprint density at radius 3 is 2.93 bits per heavy atom. The smallest absolute Gasteiger partial charge is 0.128 e. The van der Waals surface area contributed by atoms with E-state index in [0.717, 1.165) is 0 Å². The molecule has 1 rings (SSSR count). The van der Waals surface area contributed by atoms with Gasteiger partial charge in [-0.25, -0.2) is 4.39 Å². The molecule has 0 saturated carbocycles. The van der Waals surface area contributed by atoms with E-state index in [4.69, 9.17) is 17.3 Å². The third-order valence-electron chi connectivity index (χ3n) is 2.11. The van der Waals surface area contributed by atoms with Crippen molar-refractivity contribution in [3.8, 4) is 11.8 Å². The monoisotopic (exact) mass is 225 g/mol. The van der Waals surface area contributed by atoms with E-state index in [1.54, 1.807) is 13.0 Å². The standard InChI is InChI=1S/C12H13ClFN/c1-2-3-4-5-12(15)10-8-9(13)6-7-11(10)14/h6-8,12H,4-5,15H2,1H3. The topological polar surface area (TPSA) is 26.0 Å². The second-order valence-electron chi connectivity index (χ2n) is 3.24. The summed E-state index contributed by atoms with van der Waals surface area (Å²) < 4.78 is 13.4. The molecule has 0 bridgehead atoms. The molecule has 15 heavy (non-hydrogen) atoms. The first kappa shape index (κ1) is 12.0. The number of rotatable bonds is 3. The van der Waals surface area contributed by atoms with Crippen LogP contribution in [0.15, 0.2) is 18.2 Å². The molecule has 0 aliphatic carbocycles. The Morgan fingerprint density at radius 2 is 2.27 bits per heavy atom. The summed E-state index contributed by atoms with van der Waals surface area (Å²) in [6.07, 6.45) is 1.31. The maximum Gasteiger partial charge on any atom is 0.128 e. The van der Waals surface area contributed by atoms with Crippen molar-refractivity contribution < 1.29 is 4.39 Å². The van der Waals surface area contributed by atoms with E-state index in [9.17, 15) is 4.39 Å². The van der Waals surface area contributed by atoms with Crippen LogP contribution in [-0.4, -0.2) is 0 Å². The summed E-state index contributed by atoms with van der Waals surface area (Å²) in [5.41, 5.74) is 6.30. The first-order valence-corrected chi connectivity index (χ1v) is 5.13. The summed E-state index contributed by atoms with van der Waals surface area (Å²) in [5, 5.41) is 0.503. The van der Waals surface area contributed by atoms with Crippen LogP contribution in [0.25, 0.3) is 0 Å². The molecule has 1 aromatic carbocycles. The molecule has 1 atom stereocenters. The van der Waals surface area contributed by atoms with Crippen molar-refractivity contribution in [2.45, 2.75) is 25.8 Å². The van der Waals surface area contributed by atoms with E-state index in [2.05, 4.69) is 11.8 Å². The van der Waals surface area contributed by atoms with E-state index in [0.29, 0.717) is 23.4 Å². The first-order chi connectivity index (χ1) is 7.15. The molecule has 0 fully saturated rings. The van der Waals surface area contributed by atoms with Gasteiger partial charge in [0.15, 0.2) is 0 Å². The number of nitrogens with two attached hydrogens (primary N) is 1. The lowest BCUT2D eigenvalue weighted by molar-refractivity contribution is 0.568. The van der Waals surface area contributed by atoms with Gasteiger partial charge in [-0.15, -0.1) is 11.8 Å². The lowest BCUT2D eigenvalue weighted by atomic mass is 10.0. The van der Waals surface area contributed by atoms with Crippen LogP contribution in [-0.2, 0) is 0 Å². The molecule has 0 aliphatic heterocycles. The number of hydrogen-bond acceptors (Lipinski definition) is 1. The van der Waals surface area contributed by atoms with Crippen LogP contribution in [0.5, 0.6) is 0 Å². The van der Waals surface area contributed by atoms with E-state index >= 15 is 0 Å². The van der Waals surface area contributed by atoms with Gasteiger partial charge in [0, 0.05) is 23.0 Å². The zero-order valence-corrected chi connectivity index (χ0v) is 9.31. The molecule has 0 aromatic heterocycles. The SMILES string of the molecule is CC#CCCC(N)c1cc(Cl)ccc1F. The van der Waals surface area contributed by atoms with Crippen LogP contribution in [0, 0.1) is 17.7 Å². The van der Waals surface area contributed by atoms with Crippen LogP contribution < -0.4 is 5.73 Å². The van der Waals surface area contributed by atoms with Gasteiger partial charge >= 0.3 is 0 Å².